The highest BCUT2D eigenvalue weighted by atomic mass is 32.2. The average Bonchev–Trinajstić information content (AvgIpc) is 3.53. The summed E-state index contributed by atoms with van der Waals surface area (Å²) in [5.74, 6) is 0.513. The molecule has 2 fully saturated rings. The Balaban J connectivity index is 1.69. The van der Waals surface area contributed by atoms with Gasteiger partial charge < -0.3 is 14.4 Å². The minimum Gasteiger partial charge on any atom is -0.497 e. The predicted octanol–water partition coefficient (Wildman–Crippen LogP) is 5.53. The SMILES string of the molecule is COc1ccc2c(c1)C1CC1(S(=O)N(C)C)Cn1c-2c(C2CCCCC2)c2ccc(C(=O)O)cc21. The van der Waals surface area contributed by atoms with E-state index >= 15 is 0 Å². The fraction of sp³-hybridized carbons (Fsp3) is 0.464. The Kier molecular flexibility index (Phi) is 5.34. The fourth-order valence-corrected chi connectivity index (χ4v) is 8.32. The van der Waals surface area contributed by atoms with Gasteiger partial charge in [0.1, 0.15) is 16.7 Å². The summed E-state index contributed by atoms with van der Waals surface area (Å²) in [6.45, 7) is 0.612. The van der Waals surface area contributed by atoms with Crippen LogP contribution in [0.5, 0.6) is 5.75 Å². The van der Waals surface area contributed by atoms with Crippen LogP contribution in [0.3, 0.4) is 0 Å². The number of aromatic nitrogens is 1. The van der Waals surface area contributed by atoms with E-state index in [1.165, 1.54) is 41.6 Å². The summed E-state index contributed by atoms with van der Waals surface area (Å²) >= 11 is 0. The number of nitrogens with zero attached hydrogens (tertiary/aromatic N) is 2. The molecule has 2 heterocycles. The fourth-order valence-electron chi connectivity index (χ4n) is 6.67. The number of carboxylic acid groups (broad SMARTS) is 1. The van der Waals surface area contributed by atoms with Crippen molar-refractivity contribution in [3.05, 3.63) is 53.1 Å². The second-order valence-electron chi connectivity index (χ2n) is 10.6. The number of aromatic carboxylic acids is 1. The van der Waals surface area contributed by atoms with E-state index in [9.17, 15) is 14.1 Å². The predicted molar refractivity (Wildman–Crippen MR) is 139 cm³/mol. The van der Waals surface area contributed by atoms with Crippen LogP contribution in [-0.4, -0.2) is 50.1 Å². The van der Waals surface area contributed by atoms with Gasteiger partial charge in [0, 0.05) is 28.9 Å². The van der Waals surface area contributed by atoms with E-state index in [1.807, 2.05) is 36.6 Å². The van der Waals surface area contributed by atoms with Crippen LogP contribution in [-0.2, 0) is 17.5 Å². The van der Waals surface area contributed by atoms with Gasteiger partial charge in [0.2, 0.25) is 0 Å². The van der Waals surface area contributed by atoms with Gasteiger partial charge in [0.15, 0.2) is 0 Å². The number of hydrogen-bond acceptors (Lipinski definition) is 3. The number of carbonyl (C=O) groups is 1. The molecule has 3 aliphatic rings. The third-order valence-corrected chi connectivity index (χ3v) is 10.3. The van der Waals surface area contributed by atoms with E-state index in [-0.39, 0.29) is 5.92 Å². The standard InChI is InChI=1S/C28H32N2O4S/c1-29(2)35(33)28-15-23(28)22-14-19(34-3)10-12-20(22)26-25(17-7-5-4-6-8-17)21-11-9-18(27(31)32)13-24(21)30(26)16-28/h9-14,17,23H,4-8,15-16H2,1-3H3,(H,31,32). The molecule has 184 valence electrons. The molecule has 2 aromatic carbocycles. The van der Waals surface area contributed by atoms with E-state index in [4.69, 9.17) is 4.74 Å². The number of methoxy groups -OCH3 is 1. The van der Waals surface area contributed by atoms with Gasteiger partial charge in [0.25, 0.3) is 0 Å². The van der Waals surface area contributed by atoms with Crippen molar-refractivity contribution in [3.63, 3.8) is 0 Å². The van der Waals surface area contributed by atoms with Gasteiger partial charge in [-0.15, -0.1) is 0 Å². The molecule has 2 saturated carbocycles. The topological polar surface area (TPSA) is 71.8 Å². The lowest BCUT2D eigenvalue weighted by molar-refractivity contribution is 0.0697. The van der Waals surface area contributed by atoms with Gasteiger partial charge in [0.05, 0.1) is 23.1 Å². The minimum absolute atomic E-state index is 0.174. The Labute approximate surface area is 208 Å². The monoisotopic (exact) mass is 492 g/mol. The first-order valence-electron chi connectivity index (χ1n) is 12.5. The molecule has 1 aromatic heterocycles. The molecule has 1 aliphatic heterocycles. The molecule has 7 heteroatoms. The second kappa shape index (κ2) is 8.20. The molecule has 0 radical (unpaired) electrons. The summed E-state index contributed by atoms with van der Waals surface area (Å²) in [5, 5.41) is 10.9. The molecule has 3 atom stereocenters. The van der Waals surface area contributed by atoms with Crippen molar-refractivity contribution >= 4 is 27.9 Å². The number of fused-ring (bicyclic) bond motifs is 7. The molecule has 0 saturated heterocycles. The van der Waals surface area contributed by atoms with Crippen LogP contribution in [0, 0.1) is 0 Å². The van der Waals surface area contributed by atoms with Gasteiger partial charge in [-0.05, 0) is 80.7 Å². The average molecular weight is 493 g/mol. The smallest absolute Gasteiger partial charge is 0.335 e. The second-order valence-corrected chi connectivity index (χ2v) is 12.6. The van der Waals surface area contributed by atoms with Gasteiger partial charge in [-0.2, -0.15) is 0 Å². The molecule has 0 spiro atoms. The van der Waals surface area contributed by atoms with Gasteiger partial charge in [-0.1, -0.05) is 25.3 Å². The zero-order valence-electron chi connectivity index (χ0n) is 20.5. The number of hydrogen-bond donors (Lipinski definition) is 1. The third kappa shape index (κ3) is 3.39. The van der Waals surface area contributed by atoms with Crippen molar-refractivity contribution in [1.29, 1.82) is 0 Å². The van der Waals surface area contributed by atoms with Crippen molar-refractivity contribution in [1.82, 2.24) is 8.87 Å². The summed E-state index contributed by atoms with van der Waals surface area (Å²) in [5.41, 5.74) is 6.16. The molecule has 2 aliphatic carbocycles. The van der Waals surface area contributed by atoms with Crippen LogP contribution in [0.25, 0.3) is 22.2 Å². The molecule has 6 nitrogen and oxygen atoms in total. The Morgan fingerprint density at radius 1 is 1.14 bits per heavy atom. The highest BCUT2D eigenvalue weighted by Gasteiger charge is 2.62. The maximum atomic E-state index is 13.7. The van der Waals surface area contributed by atoms with E-state index in [2.05, 4.69) is 16.7 Å². The van der Waals surface area contributed by atoms with Crippen molar-refractivity contribution in [2.24, 2.45) is 0 Å². The normalized spacial score (nSPS) is 24.4. The maximum Gasteiger partial charge on any atom is 0.335 e. The van der Waals surface area contributed by atoms with Crippen LogP contribution in [0.15, 0.2) is 36.4 Å². The lowest BCUT2D eigenvalue weighted by Gasteiger charge is -2.24. The van der Waals surface area contributed by atoms with Crippen molar-refractivity contribution in [2.45, 2.75) is 61.7 Å². The first-order chi connectivity index (χ1) is 16.9. The number of rotatable bonds is 5. The number of carboxylic acids is 1. The van der Waals surface area contributed by atoms with E-state index in [0.29, 0.717) is 18.0 Å². The van der Waals surface area contributed by atoms with E-state index in [0.717, 1.165) is 35.9 Å². The number of benzene rings is 2. The van der Waals surface area contributed by atoms with Crippen LogP contribution in [0.1, 0.15) is 71.8 Å². The molecule has 3 aromatic rings. The molecule has 6 rings (SSSR count). The molecule has 35 heavy (non-hydrogen) atoms. The molecule has 0 bridgehead atoms. The van der Waals surface area contributed by atoms with Crippen LogP contribution in [0.4, 0.5) is 0 Å². The quantitative estimate of drug-likeness (QED) is 0.509. The zero-order chi connectivity index (χ0) is 24.5. The molecular weight excluding hydrogens is 460 g/mol. The minimum atomic E-state index is -1.18. The maximum absolute atomic E-state index is 13.7. The first-order valence-corrected chi connectivity index (χ1v) is 13.6. The van der Waals surface area contributed by atoms with Crippen LogP contribution in [0.2, 0.25) is 0 Å². The van der Waals surface area contributed by atoms with Crippen molar-refractivity contribution in [3.8, 4) is 17.0 Å². The van der Waals surface area contributed by atoms with Crippen molar-refractivity contribution < 1.29 is 18.8 Å². The summed E-state index contributed by atoms with van der Waals surface area (Å²) < 4.78 is 23.0. The van der Waals surface area contributed by atoms with E-state index in [1.54, 1.807) is 13.2 Å². The van der Waals surface area contributed by atoms with Gasteiger partial charge in [-0.25, -0.2) is 13.3 Å². The molecular formula is C28H32N2O4S. The summed E-state index contributed by atoms with van der Waals surface area (Å²) in [4.78, 5) is 11.9. The van der Waals surface area contributed by atoms with Crippen LogP contribution < -0.4 is 4.74 Å². The van der Waals surface area contributed by atoms with Gasteiger partial charge in [-0.3, -0.25) is 0 Å². The van der Waals surface area contributed by atoms with Crippen molar-refractivity contribution in [2.75, 3.05) is 21.2 Å². The first kappa shape index (κ1) is 22.8. The largest absolute Gasteiger partial charge is 0.497 e. The molecule has 0 amide bonds. The third-order valence-electron chi connectivity index (χ3n) is 8.38. The highest BCUT2D eigenvalue weighted by molar-refractivity contribution is 7.84. The Bertz CT molecular complexity index is 1370. The summed E-state index contributed by atoms with van der Waals surface area (Å²) in [7, 11) is 4.26. The molecule has 3 unspecified atom stereocenters. The Hall–Kier alpha value is -2.64. The Morgan fingerprint density at radius 2 is 1.91 bits per heavy atom. The Morgan fingerprint density at radius 3 is 2.60 bits per heavy atom. The zero-order valence-corrected chi connectivity index (χ0v) is 21.4. The summed E-state index contributed by atoms with van der Waals surface area (Å²) in [6, 6.07) is 11.9. The lowest BCUT2D eigenvalue weighted by Crippen LogP contribution is -2.33. The van der Waals surface area contributed by atoms with Crippen LogP contribution >= 0.6 is 0 Å². The van der Waals surface area contributed by atoms with Gasteiger partial charge >= 0.3 is 5.97 Å². The molecule has 1 N–H and O–H groups in total. The number of ether oxygens (including phenoxy) is 1. The highest BCUT2D eigenvalue weighted by Crippen LogP contribution is 2.62. The lowest BCUT2D eigenvalue weighted by atomic mass is 9.81. The summed E-state index contributed by atoms with van der Waals surface area (Å²) in [6.07, 6.45) is 6.85. The van der Waals surface area contributed by atoms with E-state index < -0.39 is 21.7 Å².